The monoisotopic (exact) mass is 883 g/mol. The van der Waals surface area contributed by atoms with Crippen LogP contribution in [-0.2, 0) is 5.41 Å². The van der Waals surface area contributed by atoms with Gasteiger partial charge in [0.2, 0.25) is 0 Å². The van der Waals surface area contributed by atoms with E-state index in [-0.39, 0.29) is 72.3 Å². The molecule has 0 amide bonds. The van der Waals surface area contributed by atoms with Gasteiger partial charge in [0, 0.05) is 22.1 Å². The molecule has 2 heteroatoms. The maximum Gasteiger partial charge on any atom is 0.159 e. The second-order valence-corrected chi connectivity index (χ2v) is 15.5. The summed E-state index contributed by atoms with van der Waals surface area (Å²) in [6, 6.07) is -11.7. The fraction of sp³-hybridized carbons (Fsp3) is 0.0154. The van der Waals surface area contributed by atoms with Crippen LogP contribution in [0.4, 0.5) is 17.1 Å². The first-order valence-corrected chi connectivity index (χ1v) is 20.6. The predicted molar refractivity (Wildman–Crippen MR) is 279 cm³/mol. The van der Waals surface area contributed by atoms with Crippen molar-refractivity contribution in [2.75, 3.05) is 4.90 Å². The predicted octanol–water partition coefficient (Wildman–Crippen LogP) is 17.6. The molecule has 14 rings (SSSR count). The maximum absolute atomic E-state index is 10.9. The lowest BCUT2D eigenvalue weighted by atomic mass is 9.70. The molecule has 1 atom stereocenters. The summed E-state index contributed by atoms with van der Waals surface area (Å²) in [4.78, 5) is 0.859. The minimum atomic E-state index is -2.51. The number of nitrogens with zero attached hydrogens (tertiary/aromatic N) is 1. The first-order chi connectivity index (χ1) is 46.1. The van der Waals surface area contributed by atoms with E-state index in [1.165, 1.54) is 12.1 Å². The third kappa shape index (κ3) is 5.51. The zero-order valence-corrected chi connectivity index (χ0v) is 34.1. The highest BCUT2D eigenvalue weighted by Crippen LogP contribution is 2.63. The number of hydrogen-bond donors (Lipinski definition) is 0. The maximum atomic E-state index is 10.9. The molecule has 1 heterocycles. The van der Waals surface area contributed by atoms with Gasteiger partial charge in [-0.15, -0.1) is 0 Å². The van der Waals surface area contributed by atoms with Crippen molar-refractivity contribution in [2.24, 2.45) is 0 Å². The van der Waals surface area contributed by atoms with Gasteiger partial charge in [0.1, 0.15) is 5.58 Å². The van der Waals surface area contributed by atoms with Crippen LogP contribution in [0.1, 0.15) is 64.7 Å². The molecule has 2 nitrogen and oxygen atoms in total. The summed E-state index contributed by atoms with van der Waals surface area (Å²) in [5, 5.41) is -1.01. The van der Waals surface area contributed by atoms with Crippen molar-refractivity contribution in [3.05, 3.63) is 270 Å². The van der Waals surface area contributed by atoms with E-state index in [1.807, 2.05) is 0 Å². The van der Waals surface area contributed by atoms with E-state index >= 15 is 0 Å². The molecule has 67 heavy (non-hydrogen) atoms. The van der Waals surface area contributed by atoms with Gasteiger partial charge < -0.3 is 9.32 Å². The molecule has 1 aromatic heterocycles. The Morgan fingerprint density at radius 2 is 1.07 bits per heavy atom. The molecule has 1 unspecified atom stereocenters. The van der Waals surface area contributed by atoms with E-state index in [4.69, 9.17) is 25.0 Å². The number of hydrogen-bond acceptors (Lipinski definition) is 2. The number of para-hydroxylation sites is 2. The molecular formula is C65H41NO. The Labute approximate surface area is 432 Å². The van der Waals surface area contributed by atoms with Crippen molar-refractivity contribution in [3.8, 4) is 55.6 Å². The number of furan rings is 1. The molecular weight excluding hydrogens is 811 g/mol. The van der Waals surface area contributed by atoms with Crippen molar-refractivity contribution in [1.82, 2.24) is 0 Å². The van der Waals surface area contributed by atoms with Gasteiger partial charge in [0.05, 0.1) is 53.6 Å². The summed E-state index contributed by atoms with van der Waals surface area (Å²) < 4.78 is 294. The first-order valence-electron chi connectivity index (χ1n) is 36.1. The highest BCUT2D eigenvalue weighted by atomic mass is 16.3. The van der Waals surface area contributed by atoms with Crippen molar-refractivity contribution < 1.29 is 46.9 Å². The molecule has 2 aliphatic rings. The second kappa shape index (κ2) is 14.7. The van der Waals surface area contributed by atoms with Crippen molar-refractivity contribution >= 4 is 49.8 Å². The van der Waals surface area contributed by atoms with E-state index in [9.17, 15) is 21.9 Å². The summed E-state index contributed by atoms with van der Waals surface area (Å²) in [6.07, 6.45) is 0. The third-order valence-corrected chi connectivity index (χ3v) is 12.1. The van der Waals surface area contributed by atoms with Crippen LogP contribution in [0.5, 0.6) is 0 Å². The minimum Gasteiger partial charge on any atom is -0.454 e. The average molecular weight is 883 g/mol. The molecule has 1 spiro atoms. The van der Waals surface area contributed by atoms with Gasteiger partial charge in [-0.3, -0.25) is 0 Å². The second-order valence-electron chi connectivity index (χ2n) is 15.5. The summed E-state index contributed by atoms with van der Waals surface area (Å²) in [5.41, 5.74) is -10.7. The van der Waals surface area contributed by atoms with E-state index in [0.717, 1.165) is 53.4 Å². The quantitative estimate of drug-likeness (QED) is 0.165. The molecule has 2 aliphatic carbocycles. The van der Waals surface area contributed by atoms with Crippen LogP contribution in [0, 0.1) is 0 Å². The van der Waals surface area contributed by atoms with Gasteiger partial charge in [0.25, 0.3) is 0 Å². The van der Waals surface area contributed by atoms with Gasteiger partial charge in [-0.2, -0.15) is 0 Å². The SMILES string of the molecule is [2H]c1cc2c(c([2H])c1[2H])C1(c3c(cc([2H])c(N(c4c([2H])c([2H])c(-c5c([2H])c([2H])c6c([2H])c([2H])c([2H])cc6c5-c5cc([2H])c(-c6c([2H])c([2H])c([2H])c([2H])c6[2H])c([2H])c5)c([2H])c4[2H])c4ccc([2H])c5c4oc4c([2H])c([2H])c([2H])cc45)c3[2H])-c3c([2H])cc([2H])c([2H])c31)c1c([2H])cc([2H])c([2H])c1-2. The summed E-state index contributed by atoms with van der Waals surface area (Å²) in [5.74, 6) is 0. The van der Waals surface area contributed by atoms with Crippen LogP contribution in [0.15, 0.2) is 252 Å². The number of rotatable bonds is 6. The lowest BCUT2D eigenvalue weighted by Gasteiger charge is -2.32. The summed E-state index contributed by atoms with van der Waals surface area (Å²) in [7, 11) is 0. The topological polar surface area (TPSA) is 16.4 Å². The van der Waals surface area contributed by atoms with E-state index in [1.54, 1.807) is 0 Å². The third-order valence-electron chi connectivity index (χ3n) is 12.1. The van der Waals surface area contributed by atoms with Gasteiger partial charge in [-0.25, -0.2) is 0 Å². The molecule has 0 radical (unpaired) electrons. The van der Waals surface area contributed by atoms with Crippen molar-refractivity contribution in [2.45, 2.75) is 5.41 Å². The Morgan fingerprint density at radius 1 is 0.373 bits per heavy atom. The molecule has 0 saturated heterocycles. The lowest BCUT2D eigenvalue weighted by molar-refractivity contribution is 0.669. The zero-order valence-electron chi connectivity index (χ0n) is 65.1. The van der Waals surface area contributed by atoms with Gasteiger partial charge in [-0.05, 0) is 125 Å². The molecule has 312 valence electrons. The van der Waals surface area contributed by atoms with Gasteiger partial charge in [0.15, 0.2) is 5.58 Å². The molecule has 0 saturated carbocycles. The fourth-order valence-electron chi connectivity index (χ4n) is 9.38. The fourth-order valence-corrected chi connectivity index (χ4v) is 9.38. The number of anilines is 3. The normalized spacial score (nSPS) is 20.8. The molecule has 0 bridgehead atoms. The smallest absolute Gasteiger partial charge is 0.159 e. The van der Waals surface area contributed by atoms with Crippen LogP contribution in [0.2, 0.25) is 0 Å². The first kappa shape index (κ1) is 18.3. The Balaban J connectivity index is 1.14. The van der Waals surface area contributed by atoms with Crippen molar-refractivity contribution in [1.29, 1.82) is 0 Å². The van der Waals surface area contributed by atoms with Crippen LogP contribution >= 0.6 is 0 Å². The Bertz CT molecular complexity index is 5720. The highest BCUT2D eigenvalue weighted by Gasteiger charge is 2.51. The number of fused-ring (bicyclic) bond motifs is 14. The van der Waals surface area contributed by atoms with Crippen LogP contribution < -0.4 is 4.90 Å². The average Bonchev–Trinajstić information content (AvgIpc) is 1.48. The van der Waals surface area contributed by atoms with Crippen LogP contribution in [0.3, 0.4) is 0 Å². The Hall–Kier alpha value is -8.72. The van der Waals surface area contributed by atoms with Gasteiger partial charge >= 0.3 is 0 Å². The van der Waals surface area contributed by atoms with E-state index in [0.29, 0.717) is 0 Å². The lowest BCUT2D eigenvalue weighted by Crippen LogP contribution is -2.26. The van der Waals surface area contributed by atoms with E-state index < -0.39 is 248 Å². The highest BCUT2D eigenvalue weighted by molar-refractivity contribution is 6.11. The van der Waals surface area contributed by atoms with Crippen molar-refractivity contribution in [3.63, 3.8) is 0 Å². The molecule has 0 N–H and O–H groups in total. The zero-order chi connectivity index (χ0) is 71.0. The standard InChI is InChI=1S/C65H41NO/c1-2-15-42(16-3-1)43-29-31-46(32-30-43)63-49-18-5-4-17-44(49)35-39-50(63)45-33-36-47(37-34-45)66(61-27-14-23-56-55-22-9-13-28-62(55)67-64(56)61)48-38-40-54-53-21-8-12-26-59(53)65(60(54)41-48)57-24-10-6-19-51(57)52-20-7-11-25-58(52)65/h1-41H/i1D,2D,3D,4D,5D,6D,7D,9D,10D,12D,13D,15D,16D,17D,20D,21D,23D,24D,25D,26D,28D,29D,30D,33D,34D,35D,36D,37D,38D,39D,41D. The molecule has 11 aromatic carbocycles. The van der Waals surface area contributed by atoms with Gasteiger partial charge in [-0.1, -0.05) is 212 Å². The minimum absolute atomic E-state index is 0.0781. The van der Waals surface area contributed by atoms with Crippen LogP contribution in [0.25, 0.3) is 88.3 Å². The summed E-state index contributed by atoms with van der Waals surface area (Å²) >= 11 is 0. The Kier molecular flexibility index (Phi) is 4.00. The largest absolute Gasteiger partial charge is 0.454 e. The molecule has 12 aromatic rings. The number of benzene rings is 11. The van der Waals surface area contributed by atoms with Crippen LogP contribution in [-0.4, -0.2) is 0 Å². The molecule has 0 aliphatic heterocycles. The Morgan fingerprint density at radius 3 is 1.97 bits per heavy atom. The summed E-state index contributed by atoms with van der Waals surface area (Å²) in [6.45, 7) is 0. The molecule has 0 fully saturated rings. The van der Waals surface area contributed by atoms with E-state index in [2.05, 4.69) is 0 Å².